The molecule has 0 fully saturated rings. The van der Waals surface area contributed by atoms with Crippen molar-refractivity contribution < 1.29 is 0 Å². The van der Waals surface area contributed by atoms with Gasteiger partial charge in [0.25, 0.3) is 0 Å². The molecule has 0 unspecified atom stereocenters. The van der Waals surface area contributed by atoms with Gasteiger partial charge in [-0.2, -0.15) is 0 Å². The van der Waals surface area contributed by atoms with Gasteiger partial charge in [0, 0.05) is 0 Å². The van der Waals surface area contributed by atoms with Crippen molar-refractivity contribution in [1.82, 2.24) is 0 Å². The van der Waals surface area contributed by atoms with Gasteiger partial charge in [-0.3, -0.25) is 0 Å². The highest BCUT2D eigenvalue weighted by atomic mass is 14.1. The molecule has 0 amide bonds. The molecule has 4 rings (SSSR count). The van der Waals surface area contributed by atoms with E-state index in [0.29, 0.717) is 0 Å². The van der Waals surface area contributed by atoms with Gasteiger partial charge in [0.05, 0.1) is 0 Å². The zero-order valence-electron chi connectivity index (χ0n) is 8.77. The van der Waals surface area contributed by atoms with Gasteiger partial charge in [0.15, 0.2) is 0 Å². The van der Waals surface area contributed by atoms with E-state index in [4.69, 9.17) is 0 Å². The van der Waals surface area contributed by atoms with Crippen LogP contribution >= 0.6 is 0 Å². The third-order valence-electron chi connectivity index (χ3n) is 3.39. The monoisotopic (exact) mass is 202 g/mol. The Morgan fingerprint density at radius 2 is 1.25 bits per heavy atom. The lowest BCUT2D eigenvalue weighted by Gasteiger charge is -1.98. The van der Waals surface area contributed by atoms with E-state index in [-0.39, 0.29) is 0 Å². The van der Waals surface area contributed by atoms with Crippen molar-refractivity contribution in [2.24, 2.45) is 0 Å². The number of hydrogen-bond acceptors (Lipinski definition) is 0. The highest BCUT2D eigenvalue weighted by molar-refractivity contribution is 6.22. The van der Waals surface area contributed by atoms with Crippen molar-refractivity contribution in [3.8, 4) is 0 Å². The quantitative estimate of drug-likeness (QED) is 0.391. The van der Waals surface area contributed by atoms with Crippen LogP contribution in [0, 0.1) is 0 Å². The Kier molecular flexibility index (Phi) is 1.39. The molecular weight excluding hydrogens is 192 g/mol. The molecule has 0 aliphatic rings. The maximum Gasteiger partial charge on any atom is -0.00324 e. The van der Waals surface area contributed by atoms with Gasteiger partial charge in [0.2, 0.25) is 0 Å². The van der Waals surface area contributed by atoms with Crippen LogP contribution in [-0.4, -0.2) is 0 Å². The molecule has 74 valence electrons. The fraction of sp³-hybridized carbons (Fsp3) is 0. The molecule has 0 atom stereocenters. The lowest BCUT2D eigenvalue weighted by molar-refractivity contribution is 1.91. The minimum atomic E-state index is 1.33. The Morgan fingerprint density at radius 1 is 0.500 bits per heavy atom. The topological polar surface area (TPSA) is 0 Å². The van der Waals surface area contributed by atoms with E-state index >= 15 is 0 Å². The summed E-state index contributed by atoms with van der Waals surface area (Å²) in [6.07, 6.45) is 0. The molecule has 0 aromatic heterocycles. The highest BCUT2D eigenvalue weighted by Gasteiger charge is 2.06. The smallest absolute Gasteiger partial charge is 0.00324 e. The summed E-state index contributed by atoms with van der Waals surface area (Å²) in [4.78, 5) is 0. The van der Waals surface area contributed by atoms with Gasteiger partial charge >= 0.3 is 0 Å². The first kappa shape index (κ1) is 8.12. The molecule has 0 nitrogen and oxygen atoms in total. The normalized spacial score (nSPS) is 11.8. The van der Waals surface area contributed by atoms with Crippen molar-refractivity contribution in [2.75, 3.05) is 0 Å². The predicted octanol–water partition coefficient (Wildman–Crippen LogP) is 4.58. The molecule has 0 bridgehead atoms. The fourth-order valence-electron chi connectivity index (χ4n) is 2.67. The van der Waals surface area contributed by atoms with Crippen molar-refractivity contribution in [3.05, 3.63) is 60.7 Å². The molecular formula is C16H10. The Labute approximate surface area is 93.5 Å². The number of rotatable bonds is 0. The maximum atomic E-state index is 2.28. The third-order valence-corrected chi connectivity index (χ3v) is 3.39. The van der Waals surface area contributed by atoms with Gasteiger partial charge < -0.3 is 0 Å². The van der Waals surface area contributed by atoms with Crippen LogP contribution < -0.4 is 0 Å². The number of hydrogen-bond donors (Lipinski definition) is 0. The van der Waals surface area contributed by atoms with Crippen LogP contribution in [0.2, 0.25) is 0 Å². The second-order valence-corrected chi connectivity index (χ2v) is 4.29. The molecule has 0 spiro atoms. The molecule has 4 aromatic carbocycles. The number of benzene rings is 1. The van der Waals surface area contributed by atoms with Crippen molar-refractivity contribution in [3.63, 3.8) is 0 Å². The predicted molar refractivity (Wildman–Crippen MR) is 70.1 cm³/mol. The van der Waals surface area contributed by atoms with E-state index in [0.717, 1.165) is 0 Å². The molecule has 0 aliphatic carbocycles. The van der Waals surface area contributed by atoms with Gasteiger partial charge in [-0.1, -0.05) is 54.6 Å². The summed E-state index contributed by atoms with van der Waals surface area (Å²) in [6.45, 7) is 0. The molecule has 0 saturated heterocycles. The van der Waals surface area contributed by atoms with Crippen LogP contribution in [0.3, 0.4) is 0 Å². The van der Waals surface area contributed by atoms with Crippen molar-refractivity contribution in [2.45, 2.75) is 0 Å². The van der Waals surface area contributed by atoms with Crippen molar-refractivity contribution >= 4 is 32.3 Å². The van der Waals surface area contributed by atoms with Crippen LogP contribution in [0.4, 0.5) is 0 Å². The van der Waals surface area contributed by atoms with Gasteiger partial charge in [-0.25, -0.2) is 0 Å². The fourth-order valence-corrected chi connectivity index (χ4v) is 2.67. The van der Waals surface area contributed by atoms with E-state index in [1.807, 2.05) is 0 Å². The molecule has 0 heteroatoms. The van der Waals surface area contributed by atoms with E-state index in [2.05, 4.69) is 60.7 Å². The lowest BCUT2D eigenvalue weighted by atomic mass is 10.1. The summed E-state index contributed by atoms with van der Waals surface area (Å²) < 4.78 is 0. The Hall–Kier alpha value is -2.08. The Morgan fingerprint density at radius 3 is 2.25 bits per heavy atom. The zero-order valence-corrected chi connectivity index (χ0v) is 8.77. The third kappa shape index (κ3) is 0.892. The summed E-state index contributed by atoms with van der Waals surface area (Å²) in [5.41, 5.74) is 0. The average Bonchev–Trinajstić information content (AvgIpc) is 2.85. The summed E-state index contributed by atoms with van der Waals surface area (Å²) in [7, 11) is 0. The van der Waals surface area contributed by atoms with Gasteiger partial charge in [-0.05, 0) is 38.4 Å². The second kappa shape index (κ2) is 2.73. The standard InChI is InChI=1S/C16H10/c1-2-6-15-14-7-3-5-12(14)10-13-9-8-11(4-1)16(13)15/h1-10H. The highest BCUT2D eigenvalue weighted by Crippen LogP contribution is 2.34. The van der Waals surface area contributed by atoms with E-state index in [1.54, 1.807) is 0 Å². The molecule has 0 N–H and O–H groups in total. The lowest BCUT2D eigenvalue weighted by Crippen LogP contribution is -1.69. The molecule has 16 heavy (non-hydrogen) atoms. The second-order valence-electron chi connectivity index (χ2n) is 4.29. The van der Waals surface area contributed by atoms with Crippen LogP contribution in [0.25, 0.3) is 32.3 Å². The molecule has 0 radical (unpaired) electrons. The van der Waals surface area contributed by atoms with Gasteiger partial charge in [-0.15, -0.1) is 0 Å². The molecule has 0 heterocycles. The Balaban J connectivity index is 2.50. The molecule has 0 saturated carbocycles. The maximum absolute atomic E-state index is 2.28. The minimum Gasteiger partial charge on any atom is -0.0616 e. The van der Waals surface area contributed by atoms with Gasteiger partial charge in [0.1, 0.15) is 0 Å². The summed E-state index contributed by atoms with van der Waals surface area (Å²) >= 11 is 0. The molecule has 0 aliphatic heterocycles. The first-order valence-corrected chi connectivity index (χ1v) is 5.56. The SMILES string of the molecule is c1ccc2c3cccc3cc3ccc(c1)c32. The van der Waals surface area contributed by atoms with E-state index in [1.165, 1.54) is 32.3 Å². The summed E-state index contributed by atoms with van der Waals surface area (Å²) in [6, 6.07) is 21.9. The first-order chi connectivity index (χ1) is 7.93. The average molecular weight is 202 g/mol. The largest absolute Gasteiger partial charge is 0.0616 e. The van der Waals surface area contributed by atoms with Crippen LogP contribution in [0.1, 0.15) is 0 Å². The van der Waals surface area contributed by atoms with Crippen LogP contribution in [-0.2, 0) is 0 Å². The first-order valence-electron chi connectivity index (χ1n) is 5.56. The minimum absolute atomic E-state index is 1.33. The zero-order chi connectivity index (χ0) is 10.5. The van der Waals surface area contributed by atoms with Crippen LogP contribution in [0.15, 0.2) is 60.7 Å². The van der Waals surface area contributed by atoms with Crippen LogP contribution in [0.5, 0.6) is 0 Å². The van der Waals surface area contributed by atoms with E-state index in [9.17, 15) is 0 Å². The Bertz CT molecular complexity index is 796. The summed E-state index contributed by atoms with van der Waals surface area (Å²) in [5.74, 6) is 0. The number of fused-ring (bicyclic) bond motifs is 2. The van der Waals surface area contributed by atoms with E-state index < -0.39 is 0 Å². The van der Waals surface area contributed by atoms with Crippen molar-refractivity contribution in [1.29, 1.82) is 0 Å². The molecule has 4 aromatic rings. The summed E-state index contributed by atoms with van der Waals surface area (Å²) in [5, 5.41) is 8.13.